The average molecular weight is 300 g/mol. The lowest BCUT2D eigenvalue weighted by atomic mass is 10.2. The van der Waals surface area contributed by atoms with Gasteiger partial charge in [0.1, 0.15) is 14.9 Å². The van der Waals surface area contributed by atoms with Crippen LogP contribution < -0.4 is 0 Å². The van der Waals surface area contributed by atoms with E-state index in [2.05, 4.69) is 20.9 Å². The largest absolute Gasteiger partial charge is 0.224 e. The molecule has 0 fully saturated rings. The molecule has 0 aliphatic rings. The smallest absolute Gasteiger partial charge is 0.166 e. The van der Waals surface area contributed by atoms with Gasteiger partial charge in [0.2, 0.25) is 0 Å². The Bertz CT molecular complexity index is 527. The van der Waals surface area contributed by atoms with Gasteiger partial charge < -0.3 is 0 Å². The first-order valence-electron chi connectivity index (χ1n) is 4.03. The molecule has 2 nitrogen and oxygen atoms in total. The van der Waals surface area contributed by atoms with E-state index < -0.39 is 0 Å². The Morgan fingerprint density at radius 3 is 2.53 bits per heavy atom. The summed E-state index contributed by atoms with van der Waals surface area (Å²) in [6.07, 6.45) is 0. The Morgan fingerprint density at radius 1 is 1.33 bits per heavy atom. The van der Waals surface area contributed by atoms with Gasteiger partial charge in [-0.2, -0.15) is 5.26 Å². The van der Waals surface area contributed by atoms with Gasteiger partial charge >= 0.3 is 0 Å². The molecule has 0 aliphatic heterocycles. The standard InChI is InChI=1S/C10H4BrClN2S/c11-9-8(5-13)14-10(15-9)6-1-3-7(12)4-2-6/h1-4H. The zero-order chi connectivity index (χ0) is 10.8. The number of nitrogens with zero attached hydrogens (tertiary/aromatic N) is 2. The van der Waals surface area contributed by atoms with Gasteiger partial charge in [0.05, 0.1) is 0 Å². The molecule has 0 atom stereocenters. The number of benzene rings is 1. The topological polar surface area (TPSA) is 36.7 Å². The van der Waals surface area contributed by atoms with Crippen LogP contribution in [0.5, 0.6) is 0 Å². The van der Waals surface area contributed by atoms with Crippen LogP contribution in [0, 0.1) is 11.3 Å². The normalized spacial score (nSPS) is 9.93. The number of aromatic nitrogens is 1. The first kappa shape index (κ1) is 10.6. The number of rotatable bonds is 1. The minimum absolute atomic E-state index is 0.421. The van der Waals surface area contributed by atoms with Crippen molar-refractivity contribution < 1.29 is 0 Å². The monoisotopic (exact) mass is 298 g/mol. The van der Waals surface area contributed by atoms with Gasteiger partial charge in [-0.1, -0.05) is 23.7 Å². The number of thiazole rings is 1. The summed E-state index contributed by atoms with van der Waals surface area (Å²) >= 11 is 10.5. The molecule has 0 saturated heterocycles. The molecule has 5 heteroatoms. The maximum Gasteiger partial charge on any atom is 0.166 e. The molecule has 1 heterocycles. The van der Waals surface area contributed by atoms with Crippen molar-refractivity contribution in [1.82, 2.24) is 4.98 Å². The van der Waals surface area contributed by atoms with Crippen LogP contribution in [0.2, 0.25) is 5.02 Å². The minimum Gasteiger partial charge on any atom is -0.224 e. The number of nitriles is 1. The summed E-state index contributed by atoms with van der Waals surface area (Å²) in [6, 6.07) is 9.40. The fraction of sp³-hybridized carbons (Fsp3) is 0. The fourth-order valence-electron chi connectivity index (χ4n) is 1.09. The number of hydrogen-bond acceptors (Lipinski definition) is 3. The van der Waals surface area contributed by atoms with E-state index in [0.717, 1.165) is 14.4 Å². The van der Waals surface area contributed by atoms with Crippen LogP contribution >= 0.6 is 38.9 Å². The zero-order valence-electron chi connectivity index (χ0n) is 7.37. The van der Waals surface area contributed by atoms with Gasteiger partial charge in [0.25, 0.3) is 0 Å². The molecule has 0 bridgehead atoms. The van der Waals surface area contributed by atoms with Gasteiger partial charge in [-0.3, -0.25) is 0 Å². The molecule has 74 valence electrons. The summed E-state index contributed by atoms with van der Waals surface area (Å²) in [5.41, 5.74) is 1.39. The Labute approximate surface area is 104 Å². The summed E-state index contributed by atoms with van der Waals surface area (Å²) in [4.78, 5) is 4.20. The second kappa shape index (κ2) is 4.31. The molecule has 2 rings (SSSR count). The van der Waals surface area contributed by atoms with E-state index in [9.17, 15) is 0 Å². The predicted octanol–water partition coefficient (Wildman–Crippen LogP) is 4.10. The van der Waals surface area contributed by atoms with Crippen molar-refractivity contribution in [2.75, 3.05) is 0 Å². The van der Waals surface area contributed by atoms with E-state index in [0.29, 0.717) is 10.7 Å². The lowest BCUT2D eigenvalue weighted by Gasteiger charge is -1.94. The predicted molar refractivity (Wildman–Crippen MR) is 65.0 cm³/mol. The third kappa shape index (κ3) is 2.20. The molecule has 0 amide bonds. The highest BCUT2D eigenvalue weighted by molar-refractivity contribution is 9.11. The van der Waals surface area contributed by atoms with Crippen LogP contribution in [-0.4, -0.2) is 4.98 Å². The van der Waals surface area contributed by atoms with Crippen LogP contribution in [0.1, 0.15) is 5.69 Å². The molecule has 0 saturated carbocycles. The first-order valence-corrected chi connectivity index (χ1v) is 6.02. The molecule has 0 aliphatic carbocycles. The fourth-order valence-corrected chi connectivity index (χ4v) is 2.60. The van der Waals surface area contributed by atoms with Gasteiger partial charge in [-0.15, -0.1) is 11.3 Å². The number of halogens is 2. The van der Waals surface area contributed by atoms with Crippen LogP contribution in [0.25, 0.3) is 10.6 Å². The van der Waals surface area contributed by atoms with Crippen LogP contribution in [0.15, 0.2) is 28.1 Å². The van der Waals surface area contributed by atoms with Gasteiger partial charge in [0, 0.05) is 10.6 Å². The van der Waals surface area contributed by atoms with Gasteiger partial charge in [0.15, 0.2) is 5.69 Å². The molecule has 0 spiro atoms. The molecule has 0 radical (unpaired) electrons. The Kier molecular flexibility index (Phi) is 3.06. The number of hydrogen-bond donors (Lipinski definition) is 0. The van der Waals surface area contributed by atoms with E-state index in [1.54, 1.807) is 12.1 Å². The molecule has 15 heavy (non-hydrogen) atoms. The molecule has 1 aromatic heterocycles. The van der Waals surface area contributed by atoms with Crippen molar-refractivity contribution in [3.05, 3.63) is 38.8 Å². The lowest BCUT2D eigenvalue weighted by molar-refractivity contribution is 1.32. The third-order valence-electron chi connectivity index (χ3n) is 1.78. The van der Waals surface area contributed by atoms with Crippen molar-refractivity contribution in [2.24, 2.45) is 0 Å². The second-order valence-electron chi connectivity index (χ2n) is 2.76. The second-order valence-corrected chi connectivity index (χ2v) is 5.51. The van der Waals surface area contributed by atoms with Crippen LogP contribution in [0.3, 0.4) is 0 Å². The van der Waals surface area contributed by atoms with E-state index in [4.69, 9.17) is 16.9 Å². The van der Waals surface area contributed by atoms with Crippen molar-refractivity contribution >= 4 is 38.9 Å². The maximum absolute atomic E-state index is 8.77. The van der Waals surface area contributed by atoms with E-state index >= 15 is 0 Å². The minimum atomic E-state index is 0.421. The van der Waals surface area contributed by atoms with E-state index in [-0.39, 0.29) is 0 Å². The molecule has 1 aromatic carbocycles. The van der Waals surface area contributed by atoms with Gasteiger partial charge in [-0.05, 0) is 28.1 Å². The summed E-state index contributed by atoms with van der Waals surface area (Å²) in [6.45, 7) is 0. The molecular formula is C10H4BrClN2S. The summed E-state index contributed by atoms with van der Waals surface area (Å²) in [5.74, 6) is 0. The van der Waals surface area contributed by atoms with Crippen LogP contribution in [-0.2, 0) is 0 Å². The summed E-state index contributed by atoms with van der Waals surface area (Å²) in [7, 11) is 0. The molecule has 0 unspecified atom stereocenters. The van der Waals surface area contributed by atoms with Crippen molar-refractivity contribution in [3.8, 4) is 16.6 Å². The molecule has 2 aromatic rings. The Morgan fingerprint density at radius 2 is 2.00 bits per heavy atom. The van der Waals surface area contributed by atoms with Crippen molar-refractivity contribution in [2.45, 2.75) is 0 Å². The van der Waals surface area contributed by atoms with E-state index in [1.165, 1.54) is 11.3 Å². The maximum atomic E-state index is 8.77. The SMILES string of the molecule is N#Cc1nc(-c2ccc(Cl)cc2)sc1Br. The highest BCUT2D eigenvalue weighted by Crippen LogP contribution is 2.31. The van der Waals surface area contributed by atoms with Crippen LogP contribution in [0.4, 0.5) is 0 Å². The molecule has 0 N–H and O–H groups in total. The first-order chi connectivity index (χ1) is 7.20. The third-order valence-corrected chi connectivity index (χ3v) is 3.79. The quantitative estimate of drug-likeness (QED) is 0.795. The zero-order valence-corrected chi connectivity index (χ0v) is 10.5. The highest BCUT2D eigenvalue weighted by Gasteiger charge is 2.09. The Hall–Kier alpha value is -0.890. The van der Waals surface area contributed by atoms with E-state index in [1.807, 2.05) is 18.2 Å². The van der Waals surface area contributed by atoms with Gasteiger partial charge in [-0.25, -0.2) is 4.98 Å². The molecular weight excluding hydrogens is 296 g/mol. The van der Waals surface area contributed by atoms with Crippen molar-refractivity contribution in [1.29, 1.82) is 5.26 Å². The summed E-state index contributed by atoms with van der Waals surface area (Å²) in [5, 5.41) is 10.3. The Balaban J connectivity index is 2.46. The lowest BCUT2D eigenvalue weighted by Crippen LogP contribution is -1.77. The van der Waals surface area contributed by atoms with Crippen molar-refractivity contribution in [3.63, 3.8) is 0 Å². The average Bonchev–Trinajstić information content (AvgIpc) is 2.61. The highest BCUT2D eigenvalue weighted by atomic mass is 79.9. The summed E-state index contributed by atoms with van der Waals surface area (Å²) < 4.78 is 0.759.